The zero-order chi connectivity index (χ0) is 16.4. The van der Waals surface area contributed by atoms with Gasteiger partial charge in [0.15, 0.2) is 5.69 Å². The Morgan fingerprint density at radius 2 is 1.76 bits per heavy atom. The second-order valence-electron chi connectivity index (χ2n) is 6.20. The van der Waals surface area contributed by atoms with Gasteiger partial charge < -0.3 is 4.42 Å². The van der Waals surface area contributed by atoms with Gasteiger partial charge in [-0.2, -0.15) is 4.57 Å². The number of hydrogen-bond acceptors (Lipinski definition) is 3. The average molecular weight is 325 g/mol. The third-order valence-electron chi connectivity index (χ3n) is 4.81. The molecule has 1 aromatic carbocycles. The maximum atomic E-state index is 6.15. The van der Waals surface area contributed by atoms with Gasteiger partial charge in [0.1, 0.15) is 12.2 Å². The van der Waals surface area contributed by atoms with Gasteiger partial charge in [-0.1, -0.05) is 24.3 Å². The first-order chi connectivity index (χ1) is 12.4. The maximum absolute atomic E-state index is 6.15. The molecule has 0 saturated carbocycles. The number of imidazole rings is 1. The number of fused-ring (bicyclic) bond motifs is 7. The topological polar surface area (TPSA) is 47.7 Å². The number of benzene rings is 1. The molecule has 0 unspecified atom stereocenters. The van der Waals surface area contributed by atoms with Crippen LogP contribution < -0.4 is 4.57 Å². The fourth-order valence-corrected chi connectivity index (χ4v) is 3.78. The monoisotopic (exact) mass is 325 g/mol. The minimum atomic E-state index is 0.663. The molecule has 0 saturated heterocycles. The molecule has 0 spiro atoms. The number of para-hydroxylation sites is 1. The van der Waals surface area contributed by atoms with Crippen LogP contribution in [0.15, 0.2) is 71.4 Å². The first kappa shape index (κ1) is 12.9. The Morgan fingerprint density at radius 3 is 2.68 bits per heavy atom. The van der Waals surface area contributed by atoms with Gasteiger partial charge in [-0.15, -0.1) is 0 Å². The van der Waals surface area contributed by atoms with Crippen molar-refractivity contribution in [3.8, 4) is 17.2 Å². The van der Waals surface area contributed by atoms with Crippen molar-refractivity contribution in [3.63, 3.8) is 0 Å². The SMILES string of the molecule is c1ccc(-n2c3[n+](c4c5cccnc5oc42)Cc2cccnc2-3)cc1. The molecule has 0 fully saturated rings. The molecule has 5 nitrogen and oxygen atoms in total. The molecule has 118 valence electrons. The second kappa shape index (κ2) is 4.54. The largest absolute Gasteiger partial charge is 0.400 e. The van der Waals surface area contributed by atoms with E-state index in [1.807, 2.05) is 36.5 Å². The molecule has 0 atom stereocenters. The van der Waals surface area contributed by atoms with Crippen LogP contribution in [0.1, 0.15) is 5.56 Å². The molecular weight excluding hydrogens is 312 g/mol. The number of nitrogens with zero attached hydrogens (tertiary/aromatic N) is 4. The molecule has 5 heterocycles. The fraction of sp³-hybridized carbons (Fsp3) is 0.0500. The van der Waals surface area contributed by atoms with Crippen LogP contribution in [-0.2, 0) is 6.54 Å². The van der Waals surface area contributed by atoms with E-state index in [0.29, 0.717) is 5.71 Å². The van der Waals surface area contributed by atoms with Crippen molar-refractivity contribution in [3.05, 3.63) is 72.6 Å². The summed E-state index contributed by atoms with van der Waals surface area (Å²) >= 11 is 0. The Kier molecular flexibility index (Phi) is 2.34. The molecule has 1 aliphatic heterocycles. The third kappa shape index (κ3) is 1.59. The van der Waals surface area contributed by atoms with E-state index in [0.717, 1.165) is 40.4 Å². The van der Waals surface area contributed by atoms with Crippen LogP contribution in [-0.4, -0.2) is 14.5 Å². The summed E-state index contributed by atoms with van der Waals surface area (Å²) in [5, 5.41) is 1.03. The van der Waals surface area contributed by atoms with E-state index in [1.54, 1.807) is 6.20 Å². The maximum Gasteiger partial charge on any atom is 0.346 e. The summed E-state index contributed by atoms with van der Waals surface area (Å²) in [4.78, 5) is 9.03. The van der Waals surface area contributed by atoms with Gasteiger partial charge in [0.05, 0.1) is 5.39 Å². The van der Waals surface area contributed by atoms with Gasteiger partial charge in [-0.25, -0.2) is 14.5 Å². The molecule has 4 aromatic heterocycles. The molecule has 5 aromatic rings. The van der Waals surface area contributed by atoms with E-state index < -0.39 is 0 Å². The Balaban J connectivity index is 1.83. The molecule has 0 N–H and O–H groups in total. The summed E-state index contributed by atoms with van der Waals surface area (Å²) in [5.74, 6) is 1.06. The van der Waals surface area contributed by atoms with Crippen LogP contribution >= 0.6 is 0 Å². The van der Waals surface area contributed by atoms with Crippen LogP contribution in [0.25, 0.3) is 39.5 Å². The van der Waals surface area contributed by atoms with Gasteiger partial charge in [-0.3, -0.25) is 0 Å². The summed E-state index contributed by atoms with van der Waals surface area (Å²) in [6.07, 6.45) is 3.61. The highest BCUT2D eigenvalue weighted by Crippen LogP contribution is 2.36. The van der Waals surface area contributed by atoms with Gasteiger partial charge >= 0.3 is 11.5 Å². The summed E-state index contributed by atoms with van der Waals surface area (Å²) in [5.41, 5.74) is 5.83. The number of furan rings is 1. The van der Waals surface area contributed by atoms with Crippen LogP contribution in [0.5, 0.6) is 0 Å². The summed E-state index contributed by atoms with van der Waals surface area (Å²) in [6.45, 7) is 0.790. The molecule has 25 heavy (non-hydrogen) atoms. The van der Waals surface area contributed by atoms with E-state index in [1.165, 1.54) is 5.56 Å². The number of hydrogen-bond donors (Lipinski definition) is 0. The lowest BCUT2D eigenvalue weighted by Crippen LogP contribution is -2.31. The summed E-state index contributed by atoms with van der Waals surface area (Å²) in [6, 6.07) is 18.4. The highest BCUT2D eigenvalue weighted by atomic mass is 16.4. The lowest BCUT2D eigenvalue weighted by Gasteiger charge is -1.99. The van der Waals surface area contributed by atoms with Crippen molar-refractivity contribution in [2.45, 2.75) is 6.54 Å². The highest BCUT2D eigenvalue weighted by molar-refractivity contribution is 5.99. The van der Waals surface area contributed by atoms with Crippen LogP contribution in [0.2, 0.25) is 0 Å². The second-order valence-corrected chi connectivity index (χ2v) is 6.20. The fourth-order valence-electron chi connectivity index (χ4n) is 3.78. The van der Waals surface area contributed by atoms with Crippen LogP contribution in [0.3, 0.4) is 0 Å². The van der Waals surface area contributed by atoms with Crippen molar-refractivity contribution in [1.29, 1.82) is 0 Å². The van der Waals surface area contributed by atoms with Crippen LogP contribution in [0, 0.1) is 0 Å². The van der Waals surface area contributed by atoms with Crippen LogP contribution in [0.4, 0.5) is 0 Å². The zero-order valence-electron chi connectivity index (χ0n) is 13.3. The molecule has 0 radical (unpaired) electrons. The van der Waals surface area contributed by atoms with Gasteiger partial charge in [-0.05, 0) is 30.3 Å². The summed E-state index contributed by atoms with van der Waals surface area (Å²) < 4.78 is 10.6. The zero-order valence-corrected chi connectivity index (χ0v) is 13.3. The van der Waals surface area contributed by atoms with E-state index in [-0.39, 0.29) is 0 Å². The molecule has 1 aliphatic rings. The highest BCUT2D eigenvalue weighted by Gasteiger charge is 2.39. The number of pyridine rings is 2. The van der Waals surface area contributed by atoms with Crippen molar-refractivity contribution in [2.75, 3.05) is 0 Å². The minimum absolute atomic E-state index is 0.663. The molecule has 0 bridgehead atoms. The van der Waals surface area contributed by atoms with E-state index in [9.17, 15) is 0 Å². The van der Waals surface area contributed by atoms with Gasteiger partial charge in [0.2, 0.25) is 11.2 Å². The Bertz CT molecular complexity index is 1270. The molecule has 5 heteroatoms. The summed E-state index contributed by atoms with van der Waals surface area (Å²) in [7, 11) is 0. The van der Waals surface area contributed by atoms with E-state index in [4.69, 9.17) is 4.42 Å². The lowest BCUT2D eigenvalue weighted by molar-refractivity contribution is -0.645. The third-order valence-corrected chi connectivity index (χ3v) is 4.81. The van der Waals surface area contributed by atoms with Crippen molar-refractivity contribution >= 4 is 22.3 Å². The first-order valence-electron chi connectivity index (χ1n) is 8.23. The smallest absolute Gasteiger partial charge is 0.346 e. The van der Waals surface area contributed by atoms with Crippen molar-refractivity contribution < 1.29 is 8.98 Å². The number of aromatic nitrogens is 4. The normalized spacial score (nSPS) is 12.6. The molecule has 6 rings (SSSR count). The standard InChI is InChI=1S/C20H13N4O/c1-2-7-14(8-3-1)24-19-16-13(6-4-10-21-16)12-23(19)17-15-9-5-11-22-18(15)25-20(17)24/h1-11H,12H2/q+1. The average Bonchev–Trinajstić information content (AvgIpc) is 3.29. The predicted molar refractivity (Wildman–Crippen MR) is 93.4 cm³/mol. The number of rotatable bonds is 1. The van der Waals surface area contributed by atoms with Crippen molar-refractivity contribution in [1.82, 2.24) is 14.5 Å². The minimum Gasteiger partial charge on any atom is -0.400 e. The Morgan fingerprint density at radius 1 is 0.920 bits per heavy atom. The molecular formula is C20H13N4O+. The predicted octanol–water partition coefficient (Wildman–Crippen LogP) is 3.48. The quantitative estimate of drug-likeness (QED) is 0.435. The molecule has 0 aliphatic carbocycles. The van der Waals surface area contributed by atoms with Crippen molar-refractivity contribution in [2.24, 2.45) is 0 Å². The molecule has 0 amide bonds. The van der Waals surface area contributed by atoms with Gasteiger partial charge in [0.25, 0.3) is 0 Å². The van der Waals surface area contributed by atoms with E-state index >= 15 is 0 Å². The Hall–Kier alpha value is -3.47. The first-order valence-corrected chi connectivity index (χ1v) is 8.23. The van der Waals surface area contributed by atoms with Gasteiger partial charge in [0, 0.05) is 18.0 Å². The van der Waals surface area contributed by atoms with E-state index in [2.05, 4.69) is 43.4 Å². The Labute approximate surface area is 142 Å². The lowest BCUT2D eigenvalue weighted by atomic mass is 10.2.